The summed E-state index contributed by atoms with van der Waals surface area (Å²) in [5.74, 6) is 1.82. The molecule has 1 aromatic rings. The van der Waals surface area contributed by atoms with E-state index in [9.17, 15) is 0 Å². The van der Waals surface area contributed by atoms with Gasteiger partial charge in [-0.05, 0) is 36.8 Å². The second-order valence-corrected chi connectivity index (χ2v) is 6.20. The molecule has 1 fully saturated rings. The van der Waals surface area contributed by atoms with Crippen LogP contribution in [0, 0.1) is 11.3 Å². The molecule has 0 unspecified atom stereocenters. The lowest BCUT2D eigenvalue weighted by Gasteiger charge is -2.36. The molecule has 1 aromatic heterocycles. The minimum atomic E-state index is -0.0232. The van der Waals surface area contributed by atoms with Crippen molar-refractivity contribution in [1.82, 2.24) is 4.98 Å². The topological polar surface area (TPSA) is 12.9 Å². The van der Waals surface area contributed by atoms with Gasteiger partial charge in [0.05, 0.1) is 5.02 Å². The quantitative estimate of drug-likeness (QED) is 0.703. The average Bonchev–Trinajstić information content (AvgIpc) is 2.93. The third-order valence-electron chi connectivity index (χ3n) is 4.15. The van der Waals surface area contributed by atoms with Gasteiger partial charge in [-0.2, -0.15) is 0 Å². The van der Waals surface area contributed by atoms with E-state index in [0.717, 1.165) is 17.0 Å². The molecule has 1 heterocycles. The highest BCUT2D eigenvalue weighted by Crippen LogP contribution is 2.44. The normalized spacial score (nSPS) is 17.3. The highest BCUT2D eigenvalue weighted by Gasteiger charge is 2.39. The Balaban J connectivity index is 2.22. The SMILES string of the molecule is ClCC(CCl)(Cc1ccncc1Cl)C1CCCC1. The summed E-state index contributed by atoms with van der Waals surface area (Å²) in [6.45, 7) is 0. The molecule has 0 atom stereocenters. The van der Waals surface area contributed by atoms with Gasteiger partial charge in [-0.25, -0.2) is 0 Å². The highest BCUT2D eigenvalue weighted by molar-refractivity contribution is 6.31. The number of nitrogens with zero attached hydrogens (tertiary/aromatic N) is 1. The van der Waals surface area contributed by atoms with Crippen LogP contribution >= 0.6 is 34.8 Å². The van der Waals surface area contributed by atoms with E-state index in [1.807, 2.05) is 6.07 Å². The monoisotopic (exact) mass is 305 g/mol. The minimum absolute atomic E-state index is 0.0232. The van der Waals surface area contributed by atoms with E-state index in [0.29, 0.717) is 17.7 Å². The Morgan fingerprint density at radius 2 is 1.89 bits per heavy atom. The first-order valence-corrected chi connectivity index (χ1v) is 7.87. The molecule has 0 aliphatic heterocycles. The number of rotatable bonds is 5. The molecule has 1 saturated carbocycles. The van der Waals surface area contributed by atoms with Crippen LogP contribution in [0.1, 0.15) is 31.2 Å². The average molecular weight is 307 g/mol. The minimum Gasteiger partial charge on any atom is -0.263 e. The van der Waals surface area contributed by atoms with Crippen LogP contribution in [-0.2, 0) is 6.42 Å². The fourth-order valence-corrected chi connectivity index (χ4v) is 4.05. The predicted molar refractivity (Wildman–Crippen MR) is 78.8 cm³/mol. The molecule has 0 aromatic carbocycles. The van der Waals surface area contributed by atoms with Crippen LogP contribution in [0.15, 0.2) is 18.5 Å². The fourth-order valence-electron chi connectivity index (χ4n) is 2.96. The maximum Gasteiger partial charge on any atom is 0.0621 e. The first-order chi connectivity index (χ1) is 8.72. The molecule has 1 aliphatic carbocycles. The summed E-state index contributed by atoms with van der Waals surface area (Å²) in [4.78, 5) is 4.03. The molecule has 0 N–H and O–H groups in total. The van der Waals surface area contributed by atoms with Gasteiger partial charge in [0, 0.05) is 29.6 Å². The van der Waals surface area contributed by atoms with Crippen molar-refractivity contribution in [3.8, 4) is 0 Å². The van der Waals surface area contributed by atoms with Crippen molar-refractivity contribution in [2.75, 3.05) is 11.8 Å². The molecule has 18 heavy (non-hydrogen) atoms. The second kappa shape index (κ2) is 6.45. The maximum atomic E-state index is 6.26. The summed E-state index contributed by atoms with van der Waals surface area (Å²) in [7, 11) is 0. The summed E-state index contributed by atoms with van der Waals surface area (Å²) >= 11 is 18.7. The number of aromatic nitrogens is 1. The molecular formula is C14H18Cl3N. The third-order valence-corrected chi connectivity index (χ3v) is 5.56. The molecule has 0 amide bonds. The number of halogens is 3. The standard InChI is InChI=1S/C14H18Cl3N/c15-9-14(10-16,12-3-1-2-4-12)7-11-5-6-18-8-13(11)17/h5-6,8,12H,1-4,7,9-10H2. The molecule has 100 valence electrons. The van der Waals surface area contributed by atoms with E-state index in [2.05, 4.69) is 4.98 Å². The van der Waals surface area contributed by atoms with Crippen LogP contribution in [0.5, 0.6) is 0 Å². The summed E-state index contributed by atoms with van der Waals surface area (Å²) in [5, 5.41) is 0.718. The fraction of sp³-hybridized carbons (Fsp3) is 0.643. The zero-order valence-electron chi connectivity index (χ0n) is 10.3. The smallest absolute Gasteiger partial charge is 0.0621 e. The first kappa shape index (κ1) is 14.4. The first-order valence-electron chi connectivity index (χ1n) is 6.42. The molecule has 1 nitrogen and oxygen atoms in total. The summed E-state index contributed by atoms with van der Waals surface area (Å²) in [6, 6.07) is 1.98. The van der Waals surface area contributed by atoms with Gasteiger partial charge in [-0.15, -0.1) is 23.2 Å². The molecule has 0 saturated heterocycles. The second-order valence-electron chi connectivity index (χ2n) is 5.25. The van der Waals surface area contributed by atoms with Crippen LogP contribution in [-0.4, -0.2) is 16.7 Å². The third kappa shape index (κ3) is 2.95. The Labute approximate surface area is 124 Å². The van der Waals surface area contributed by atoms with E-state index in [1.165, 1.54) is 25.7 Å². The lowest BCUT2D eigenvalue weighted by Crippen LogP contribution is -2.35. The van der Waals surface area contributed by atoms with E-state index in [-0.39, 0.29) is 5.41 Å². The molecular weight excluding hydrogens is 289 g/mol. The van der Waals surface area contributed by atoms with Gasteiger partial charge in [0.25, 0.3) is 0 Å². The van der Waals surface area contributed by atoms with Crippen molar-refractivity contribution in [3.05, 3.63) is 29.0 Å². The van der Waals surface area contributed by atoms with Gasteiger partial charge >= 0.3 is 0 Å². The largest absolute Gasteiger partial charge is 0.263 e. The molecule has 1 aliphatic rings. The molecule has 0 bridgehead atoms. The van der Waals surface area contributed by atoms with Gasteiger partial charge in [0.15, 0.2) is 0 Å². The van der Waals surface area contributed by atoms with Crippen molar-refractivity contribution in [2.24, 2.45) is 11.3 Å². The van der Waals surface area contributed by atoms with Crippen molar-refractivity contribution >= 4 is 34.8 Å². The zero-order valence-corrected chi connectivity index (χ0v) is 12.6. The van der Waals surface area contributed by atoms with Crippen LogP contribution in [0.3, 0.4) is 0 Å². The highest BCUT2D eigenvalue weighted by atomic mass is 35.5. The maximum absolute atomic E-state index is 6.26. The van der Waals surface area contributed by atoms with Crippen LogP contribution in [0.2, 0.25) is 5.02 Å². The molecule has 0 spiro atoms. The Morgan fingerprint density at radius 3 is 2.44 bits per heavy atom. The van der Waals surface area contributed by atoms with Gasteiger partial charge in [0.2, 0.25) is 0 Å². The Morgan fingerprint density at radius 1 is 1.22 bits per heavy atom. The zero-order chi connectivity index (χ0) is 13.0. The Bertz CT molecular complexity index is 384. The number of alkyl halides is 2. The van der Waals surface area contributed by atoms with Crippen LogP contribution < -0.4 is 0 Å². The van der Waals surface area contributed by atoms with E-state index >= 15 is 0 Å². The molecule has 0 radical (unpaired) electrons. The molecule has 2 rings (SSSR count). The van der Waals surface area contributed by atoms with Crippen molar-refractivity contribution in [3.63, 3.8) is 0 Å². The Kier molecular flexibility index (Phi) is 5.17. The summed E-state index contributed by atoms with van der Waals surface area (Å²) in [6.07, 6.45) is 9.40. The van der Waals surface area contributed by atoms with E-state index < -0.39 is 0 Å². The predicted octanol–water partition coefficient (Wildman–Crippen LogP) is 4.93. The van der Waals surface area contributed by atoms with Gasteiger partial charge in [0.1, 0.15) is 0 Å². The number of hydrogen-bond acceptors (Lipinski definition) is 1. The lowest BCUT2D eigenvalue weighted by molar-refractivity contribution is 0.225. The van der Waals surface area contributed by atoms with Crippen molar-refractivity contribution < 1.29 is 0 Å². The van der Waals surface area contributed by atoms with Crippen molar-refractivity contribution in [1.29, 1.82) is 0 Å². The van der Waals surface area contributed by atoms with E-state index in [4.69, 9.17) is 34.8 Å². The molecule has 4 heteroatoms. The van der Waals surface area contributed by atoms with Crippen molar-refractivity contribution in [2.45, 2.75) is 32.1 Å². The number of hydrogen-bond donors (Lipinski definition) is 0. The van der Waals surface area contributed by atoms with Gasteiger partial charge in [-0.1, -0.05) is 24.4 Å². The van der Waals surface area contributed by atoms with Crippen LogP contribution in [0.4, 0.5) is 0 Å². The van der Waals surface area contributed by atoms with Gasteiger partial charge in [-0.3, -0.25) is 4.98 Å². The number of pyridine rings is 1. The Hall–Kier alpha value is 0.0200. The van der Waals surface area contributed by atoms with Crippen LogP contribution in [0.25, 0.3) is 0 Å². The summed E-state index contributed by atoms with van der Waals surface area (Å²) in [5.41, 5.74) is 1.09. The van der Waals surface area contributed by atoms with E-state index in [1.54, 1.807) is 12.4 Å². The van der Waals surface area contributed by atoms with Gasteiger partial charge < -0.3 is 0 Å². The summed E-state index contributed by atoms with van der Waals surface area (Å²) < 4.78 is 0. The lowest BCUT2D eigenvalue weighted by atomic mass is 9.73.